The third-order valence-electron chi connectivity index (χ3n) is 2.41. The summed E-state index contributed by atoms with van der Waals surface area (Å²) in [6, 6.07) is 7.53. The van der Waals surface area contributed by atoms with Crippen molar-refractivity contribution < 1.29 is 4.79 Å². The van der Waals surface area contributed by atoms with Crippen molar-refractivity contribution >= 4 is 17.5 Å². The molecule has 2 rings (SSSR count). The fourth-order valence-electron chi connectivity index (χ4n) is 1.49. The summed E-state index contributed by atoms with van der Waals surface area (Å²) in [6.07, 6.45) is 0.742. The van der Waals surface area contributed by atoms with Crippen LogP contribution in [-0.4, -0.2) is 27.6 Å². The third-order valence-corrected chi connectivity index (χ3v) is 2.66. The molecule has 0 radical (unpaired) electrons. The first-order valence-corrected chi connectivity index (χ1v) is 5.94. The van der Waals surface area contributed by atoms with Crippen LogP contribution < -0.4 is 5.32 Å². The molecule has 0 atom stereocenters. The minimum Gasteiger partial charge on any atom is -0.349 e. The molecule has 2 aromatic rings. The first-order chi connectivity index (χ1) is 8.65. The average molecular weight is 265 g/mol. The number of aromatic nitrogens is 3. The largest absolute Gasteiger partial charge is 0.349 e. The normalized spacial score (nSPS) is 10.3. The van der Waals surface area contributed by atoms with Gasteiger partial charge in [0, 0.05) is 11.6 Å². The topological polar surface area (TPSA) is 70.7 Å². The van der Waals surface area contributed by atoms with Crippen LogP contribution in [0.5, 0.6) is 0 Å². The lowest BCUT2D eigenvalue weighted by Gasteiger charge is -2.03. The van der Waals surface area contributed by atoms with Crippen molar-refractivity contribution in [2.75, 3.05) is 6.54 Å². The summed E-state index contributed by atoms with van der Waals surface area (Å²) in [6.45, 7) is 2.28. The SMILES string of the molecule is Cc1nc(C(=O)NCCc2ccc(Cl)cc2)n[nH]1. The van der Waals surface area contributed by atoms with Crippen LogP contribution in [0.3, 0.4) is 0 Å². The van der Waals surface area contributed by atoms with Crippen molar-refractivity contribution in [2.24, 2.45) is 0 Å². The van der Waals surface area contributed by atoms with E-state index in [-0.39, 0.29) is 11.7 Å². The second-order valence-electron chi connectivity index (χ2n) is 3.88. The lowest BCUT2D eigenvalue weighted by molar-refractivity contribution is 0.0944. The van der Waals surface area contributed by atoms with Crippen molar-refractivity contribution in [3.05, 3.63) is 46.5 Å². The number of aromatic amines is 1. The Morgan fingerprint density at radius 1 is 1.39 bits per heavy atom. The highest BCUT2D eigenvalue weighted by Gasteiger charge is 2.09. The fraction of sp³-hybridized carbons (Fsp3) is 0.250. The number of carbonyl (C=O) groups is 1. The summed E-state index contributed by atoms with van der Waals surface area (Å²) >= 11 is 5.79. The molecule has 5 nitrogen and oxygen atoms in total. The summed E-state index contributed by atoms with van der Waals surface area (Å²) < 4.78 is 0. The Morgan fingerprint density at radius 3 is 2.72 bits per heavy atom. The maximum atomic E-state index is 11.6. The Bertz CT molecular complexity index is 535. The van der Waals surface area contributed by atoms with Crippen LogP contribution in [-0.2, 0) is 6.42 Å². The van der Waals surface area contributed by atoms with Crippen LogP contribution in [0.2, 0.25) is 5.02 Å². The third kappa shape index (κ3) is 3.30. The maximum Gasteiger partial charge on any atom is 0.290 e. The molecule has 6 heteroatoms. The number of hydrogen-bond donors (Lipinski definition) is 2. The van der Waals surface area contributed by atoms with Gasteiger partial charge in [-0.1, -0.05) is 23.7 Å². The van der Waals surface area contributed by atoms with Gasteiger partial charge < -0.3 is 5.32 Å². The molecule has 0 aliphatic carbocycles. The van der Waals surface area contributed by atoms with Crippen LogP contribution in [0, 0.1) is 6.92 Å². The molecule has 0 saturated heterocycles. The van der Waals surface area contributed by atoms with Gasteiger partial charge in [0.25, 0.3) is 5.91 Å². The molecular weight excluding hydrogens is 252 g/mol. The lowest BCUT2D eigenvalue weighted by Crippen LogP contribution is -2.26. The number of H-pyrrole nitrogens is 1. The Morgan fingerprint density at radius 2 is 2.11 bits per heavy atom. The molecule has 1 aromatic heterocycles. The van der Waals surface area contributed by atoms with Gasteiger partial charge in [-0.05, 0) is 31.0 Å². The summed E-state index contributed by atoms with van der Waals surface area (Å²) in [4.78, 5) is 15.6. The number of amides is 1. The highest BCUT2D eigenvalue weighted by Crippen LogP contribution is 2.09. The number of nitrogens with zero attached hydrogens (tertiary/aromatic N) is 2. The van der Waals surface area contributed by atoms with Crippen molar-refractivity contribution in [1.29, 1.82) is 0 Å². The number of hydrogen-bond acceptors (Lipinski definition) is 3. The van der Waals surface area contributed by atoms with E-state index in [1.54, 1.807) is 6.92 Å². The zero-order valence-corrected chi connectivity index (χ0v) is 10.7. The summed E-state index contributed by atoms with van der Waals surface area (Å²) in [7, 11) is 0. The molecule has 2 N–H and O–H groups in total. The molecule has 0 bridgehead atoms. The van der Waals surface area contributed by atoms with Crippen LogP contribution in [0.15, 0.2) is 24.3 Å². The lowest BCUT2D eigenvalue weighted by atomic mass is 10.1. The first-order valence-electron chi connectivity index (χ1n) is 5.57. The van der Waals surface area contributed by atoms with Gasteiger partial charge in [0.15, 0.2) is 0 Å². The zero-order chi connectivity index (χ0) is 13.0. The monoisotopic (exact) mass is 264 g/mol. The molecule has 0 fully saturated rings. The minimum absolute atomic E-state index is 0.170. The molecule has 1 amide bonds. The Labute approximate surface area is 110 Å². The number of carbonyl (C=O) groups excluding carboxylic acids is 1. The van der Waals surface area contributed by atoms with Crippen molar-refractivity contribution in [3.63, 3.8) is 0 Å². The van der Waals surface area contributed by atoms with Gasteiger partial charge in [0.05, 0.1) is 0 Å². The van der Waals surface area contributed by atoms with Crippen LogP contribution in [0.1, 0.15) is 22.0 Å². The van der Waals surface area contributed by atoms with Crippen LogP contribution in [0.25, 0.3) is 0 Å². The standard InChI is InChI=1S/C12H13ClN4O/c1-8-15-11(17-16-8)12(18)14-7-6-9-2-4-10(13)5-3-9/h2-5H,6-7H2,1H3,(H,14,18)(H,15,16,17). The minimum atomic E-state index is -0.270. The number of rotatable bonds is 4. The van der Waals surface area contributed by atoms with E-state index in [4.69, 9.17) is 11.6 Å². The van der Waals surface area contributed by atoms with E-state index in [1.807, 2.05) is 24.3 Å². The van der Waals surface area contributed by atoms with Gasteiger partial charge in [-0.15, -0.1) is 5.10 Å². The molecule has 18 heavy (non-hydrogen) atoms. The highest BCUT2D eigenvalue weighted by atomic mass is 35.5. The molecule has 1 aromatic carbocycles. The number of halogens is 1. The van der Waals surface area contributed by atoms with Crippen molar-refractivity contribution in [3.8, 4) is 0 Å². The first kappa shape index (κ1) is 12.6. The van der Waals surface area contributed by atoms with E-state index in [2.05, 4.69) is 20.5 Å². The summed E-state index contributed by atoms with van der Waals surface area (Å²) in [5.74, 6) is 0.523. The van der Waals surface area contributed by atoms with Gasteiger partial charge in [-0.3, -0.25) is 9.89 Å². The van der Waals surface area contributed by atoms with Gasteiger partial charge in [-0.2, -0.15) is 0 Å². The molecular formula is C12H13ClN4O. The van der Waals surface area contributed by atoms with E-state index in [1.165, 1.54) is 0 Å². The number of nitrogens with one attached hydrogen (secondary N) is 2. The fourth-order valence-corrected chi connectivity index (χ4v) is 1.62. The molecule has 0 unspecified atom stereocenters. The van der Waals surface area contributed by atoms with Gasteiger partial charge in [0.1, 0.15) is 5.82 Å². The van der Waals surface area contributed by atoms with E-state index in [0.29, 0.717) is 17.4 Å². The number of benzene rings is 1. The van der Waals surface area contributed by atoms with Gasteiger partial charge in [-0.25, -0.2) is 4.98 Å². The highest BCUT2D eigenvalue weighted by molar-refractivity contribution is 6.30. The summed E-state index contributed by atoms with van der Waals surface area (Å²) in [5.41, 5.74) is 1.12. The Balaban J connectivity index is 1.82. The Hall–Kier alpha value is -1.88. The van der Waals surface area contributed by atoms with Crippen molar-refractivity contribution in [1.82, 2.24) is 20.5 Å². The predicted octanol–water partition coefficient (Wildman–Crippen LogP) is 1.74. The molecule has 0 aliphatic rings. The van der Waals surface area contributed by atoms with E-state index in [0.717, 1.165) is 12.0 Å². The van der Waals surface area contributed by atoms with Crippen LogP contribution in [0.4, 0.5) is 0 Å². The van der Waals surface area contributed by atoms with Crippen molar-refractivity contribution in [2.45, 2.75) is 13.3 Å². The van der Waals surface area contributed by atoms with Gasteiger partial charge >= 0.3 is 0 Å². The van der Waals surface area contributed by atoms with E-state index < -0.39 is 0 Å². The Kier molecular flexibility index (Phi) is 3.94. The second-order valence-corrected chi connectivity index (χ2v) is 4.31. The smallest absolute Gasteiger partial charge is 0.290 e. The number of aryl methyl sites for hydroxylation is 1. The molecule has 1 heterocycles. The predicted molar refractivity (Wildman–Crippen MR) is 68.6 cm³/mol. The van der Waals surface area contributed by atoms with Gasteiger partial charge in [0.2, 0.25) is 5.82 Å². The quantitative estimate of drug-likeness (QED) is 0.884. The van der Waals surface area contributed by atoms with Crippen LogP contribution >= 0.6 is 11.6 Å². The molecule has 0 spiro atoms. The second kappa shape index (κ2) is 5.64. The maximum absolute atomic E-state index is 11.6. The molecule has 0 aliphatic heterocycles. The van der Waals surface area contributed by atoms with E-state index in [9.17, 15) is 4.79 Å². The molecule has 94 valence electrons. The van der Waals surface area contributed by atoms with E-state index >= 15 is 0 Å². The average Bonchev–Trinajstić information content (AvgIpc) is 2.78. The zero-order valence-electron chi connectivity index (χ0n) is 9.90. The molecule has 0 saturated carbocycles. The summed E-state index contributed by atoms with van der Waals surface area (Å²) in [5, 5.41) is 9.88.